The summed E-state index contributed by atoms with van der Waals surface area (Å²) in [5, 5.41) is 7.73. The monoisotopic (exact) mass is 215 g/mol. The molecule has 16 heavy (non-hydrogen) atoms. The van der Waals surface area contributed by atoms with Crippen LogP contribution >= 0.6 is 0 Å². The van der Waals surface area contributed by atoms with Crippen molar-refractivity contribution in [1.82, 2.24) is 19.7 Å². The molecule has 0 saturated heterocycles. The van der Waals surface area contributed by atoms with Gasteiger partial charge in [0.2, 0.25) is 11.8 Å². The van der Waals surface area contributed by atoms with Crippen molar-refractivity contribution in [3.63, 3.8) is 0 Å². The Morgan fingerprint density at radius 1 is 1.44 bits per heavy atom. The number of nitrogens with one attached hydrogen (secondary N) is 1. The Morgan fingerprint density at radius 3 is 3.12 bits per heavy atom. The van der Waals surface area contributed by atoms with Crippen molar-refractivity contribution in [3.05, 3.63) is 24.4 Å². The van der Waals surface area contributed by atoms with Crippen LogP contribution in [-0.4, -0.2) is 26.3 Å². The molecule has 3 rings (SSSR count). The van der Waals surface area contributed by atoms with Crippen LogP contribution < -0.4 is 5.32 Å². The number of nitrogens with zero attached hydrogens (tertiary/aromatic N) is 4. The van der Waals surface area contributed by atoms with Gasteiger partial charge in [0.05, 0.1) is 6.04 Å². The van der Waals surface area contributed by atoms with Gasteiger partial charge in [0.15, 0.2) is 0 Å². The van der Waals surface area contributed by atoms with Crippen LogP contribution in [0.1, 0.15) is 19.4 Å². The third-order valence-electron chi connectivity index (χ3n) is 2.79. The molecule has 0 aromatic carbocycles. The predicted molar refractivity (Wildman–Crippen MR) is 61.1 cm³/mol. The SMILES string of the molecule is CC1CCNc2nc(-c3ccccn3)nn21. The van der Waals surface area contributed by atoms with Crippen LogP contribution in [0.3, 0.4) is 0 Å². The second kappa shape index (κ2) is 3.59. The maximum absolute atomic E-state index is 4.48. The van der Waals surface area contributed by atoms with E-state index in [-0.39, 0.29) is 0 Å². The zero-order chi connectivity index (χ0) is 11.0. The van der Waals surface area contributed by atoms with E-state index in [1.165, 1.54) is 0 Å². The molecule has 5 nitrogen and oxygen atoms in total. The lowest BCUT2D eigenvalue weighted by Crippen LogP contribution is -2.21. The minimum absolute atomic E-state index is 0.404. The Balaban J connectivity index is 2.05. The van der Waals surface area contributed by atoms with E-state index < -0.39 is 0 Å². The van der Waals surface area contributed by atoms with Gasteiger partial charge in [-0.3, -0.25) is 4.98 Å². The topological polar surface area (TPSA) is 55.6 Å². The predicted octanol–water partition coefficient (Wildman–Crippen LogP) is 1.72. The van der Waals surface area contributed by atoms with Gasteiger partial charge in [-0.2, -0.15) is 4.98 Å². The molecule has 0 amide bonds. The number of rotatable bonds is 1. The van der Waals surface area contributed by atoms with Crippen LogP contribution in [0.4, 0.5) is 5.95 Å². The van der Waals surface area contributed by atoms with E-state index in [0.717, 1.165) is 24.6 Å². The number of aromatic nitrogens is 4. The minimum Gasteiger partial charge on any atom is -0.354 e. The summed E-state index contributed by atoms with van der Waals surface area (Å²) in [6.45, 7) is 3.11. The molecule has 1 atom stereocenters. The Morgan fingerprint density at radius 2 is 2.38 bits per heavy atom. The molecule has 0 radical (unpaired) electrons. The number of anilines is 1. The maximum Gasteiger partial charge on any atom is 0.222 e. The van der Waals surface area contributed by atoms with Gasteiger partial charge >= 0.3 is 0 Å². The first-order chi connectivity index (χ1) is 7.84. The van der Waals surface area contributed by atoms with E-state index in [9.17, 15) is 0 Å². The van der Waals surface area contributed by atoms with Gasteiger partial charge in [-0.15, -0.1) is 5.10 Å². The molecule has 2 aromatic heterocycles. The summed E-state index contributed by atoms with van der Waals surface area (Å²) in [7, 11) is 0. The minimum atomic E-state index is 0.404. The highest BCUT2D eigenvalue weighted by Crippen LogP contribution is 2.23. The molecule has 0 aliphatic carbocycles. The second-order valence-electron chi connectivity index (χ2n) is 3.98. The molecular formula is C11H13N5. The normalized spacial score (nSPS) is 18.9. The Hall–Kier alpha value is -1.91. The standard InChI is InChI=1S/C11H13N5/c1-8-5-7-13-11-14-10(15-16(8)11)9-4-2-3-6-12-9/h2-4,6,8H,5,7H2,1H3,(H,13,14,15). The summed E-state index contributed by atoms with van der Waals surface area (Å²) in [4.78, 5) is 8.70. The van der Waals surface area contributed by atoms with Gasteiger partial charge in [-0.1, -0.05) is 6.07 Å². The third kappa shape index (κ3) is 1.44. The number of hydrogen-bond donors (Lipinski definition) is 1. The molecule has 1 unspecified atom stereocenters. The largest absolute Gasteiger partial charge is 0.354 e. The van der Waals surface area contributed by atoms with Crippen LogP contribution in [0.25, 0.3) is 11.5 Å². The highest BCUT2D eigenvalue weighted by atomic mass is 15.4. The molecule has 1 aliphatic rings. The van der Waals surface area contributed by atoms with Gasteiger partial charge in [0.25, 0.3) is 0 Å². The van der Waals surface area contributed by atoms with E-state index in [2.05, 4.69) is 27.3 Å². The molecule has 0 fully saturated rings. The quantitative estimate of drug-likeness (QED) is 0.787. The van der Waals surface area contributed by atoms with Crippen LogP contribution in [0.5, 0.6) is 0 Å². The van der Waals surface area contributed by atoms with E-state index in [4.69, 9.17) is 0 Å². The van der Waals surface area contributed by atoms with Gasteiger partial charge in [0.1, 0.15) is 5.69 Å². The number of pyridine rings is 1. The molecule has 82 valence electrons. The molecule has 3 heterocycles. The molecule has 1 N–H and O–H groups in total. The smallest absolute Gasteiger partial charge is 0.222 e. The van der Waals surface area contributed by atoms with Gasteiger partial charge < -0.3 is 5.32 Å². The van der Waals surface area contributed by atoms with Crippen molar-refractivity contribution in [2.75, 3.05) is 11.9 Å². The zero-order valence-corrected chi connectivity index (χ0v) is 9.09. The van der Waals surface area contributed by atoms with E-state index >= 15 is 0 Å². The molecule has 0 bridgehead atoms. The van der Waals surface area contributed by atoms with Crippen molar-refractivity contribution in [2.24, 2.45) is 0 Å². The summed E-state index contributed by atoms with van der Waals surface area (Å²) in [5.41, 5.74) is 0.818. The van der Waals surface area contributed by atoms with E-state index in [0.29, 0.717) is 11.9 Å². The molecular weight excluding hydrogens is 202 g/mol. The highest BCUT2D eigenvalue weighted by Gasteiger charge is 2.19. The number of hydrogen-bond acceptors (Lipinski definition) is 4. The third-order valence-corrected chi connectivity index (χ3v) is 2.79. The van der Waals surface area contributed by atoms with Gasteiger partial charge in [-0.25, -0.2) is 4.68 Å². The van der Waals surface area contributed by atoms with Crippen molar-refractivity contribution in [1.29, 1.82) is 0 Å². The first-order valence-corrected chi connectivity index (χ1v) is 5.46. The fraction of sp³-hybridized carbons (Fsp3) is 0.364. The number of fused-ring (bicyclic) bond motifs is 1. The van der Waals surface area contributed by atoms with Crippen molar-refractivity contribution >= 4 is 5.95 Å². The molecule has 0 saturated carbocycles. The maximum atomic E-state index is 4.48. The lowest BCUT2D eigenvalue weighted by atomic mass is 10.2. The first-order valence-electron chi connectivity index (χ1n) is 5.46. The van der Waals surface area contributed by atoms with Crippen LogP contribution in [-0.2, 0) is 0 Å². The summed E-state index contributed by atoms with van der Waals surface area (Å²) < 4.78 is 1.94. The average molecular weight is 215 g/mol. The summed E-state index contributed by atoms with van der Waals surface area (Å²) >= 11 is 0. The van der Waals surface area contributed by atoms with Crippen LogP contribution in [0, 0.1) is 0 Å². The fourth-order valence-corrected chi connectivity index (χ4v) is 1.87. The lowest BCUT2D eigenvalue weighted by Gasteiger charge is -2.20. The Labute approximate surface area is 93.5 Å². The lowest BCUT2D eigenvalue weighted by molar-refractivity contribution is 0.452. The molecule has 2 aromatic rings. The summed E-state index contributed by atoms with van der Waals surface area (Å²) in [6.07, 6.45) is 2.84. The fourth-order valence-electron chi connectivity index (χ4n) is 1.87. The van der Waals surface area contributed by atoms with Gasteiger partial charge in [-0.05, 0) is 25.5 Å². The summed E-state index contributed by atoms with van der Waals surface area (Å²) in [5.74, 6) is 1.54. The second-order valence-corrected chi connectivity index (χ2v) is 3.98. The highest BCUT2D eigenvalue weighted by molar-refractivity contribution is 5.51. The molecule has 1 aliphatic heterocycles. The molecule has 0 spiro atoms. The van der Waals surface area contributed by atoms with Crippen molar-refractivity contribution in [3.8, 4) is 11.5 Å². The van der Waals surface area contributed by atoms with E-state index in [1.807, 2.05) is 22.9 Å². The summed E-state index contributed by atoms with van der Waals surface area (Å²) in [6, 6.07) is 6.16. The average Bonchev–Trinajstić information content (AvgIpc) is 2.76. The van der Waals surface area contributed by atoms with Crippen LogP contribution in [0.2, 0.25) is 0 Å². The Bertz CT molecular complexity index is 490. The van der Waals surface area contributed by atoms with E-state index in [1.54, 1.807) is 6.20 Å². The Kier molecular flexibility index (Phi) is 2.09. The zero-order valence-electron chi connectivity index (χ0n) is 9.09. The van der Waals surface area contributed by atoms with Crippen molar-refractivity contribution < 1.29 is 0 Å². The van der Waals surface area contributed by atoms with Crippen LogP contribution in [0.15, 0.2) is 24.4 Å². The molecule has 5 heteroatoms. The first kappa shape index (κ1) is 9.33. The van der Waals surface area contributed by atoms with Crippen molar-refractivity contribution in [2.45, 2.75) is 19.4 Å². The van der Waals surface area contributed by atoms with Gasteiger partial charge in [0, 0.05) is 12.7 Å².